The molecule has 9 heteroatoms. The Morgan fingerprint density at radius 3 is 2.69 bits per heavy atom. The van der Waals surface area contributed by atoms with Crippen molar-refractivity contribution in [1.29, 1.82) is 0 Å². The fraction of sp³-hybridized carbons (Fsp3) is 0.350. The van der Waals surface area contributed by atoms with E-state index < -0.39 is 15.1 Å². The summed E-state index contributed by atoms with van der Waals surface area (Å²) in [6, 6.07) is 6.54. The van der Waals surface area contributed by atoms with Crippen LogP contribution in [0.3, 0.4) is 0 Å². The number of fused-ring (bicyclic) bond motifs is 1. The van der Waals surface area contributed by atoms with Gasteiger partial charge in [-0.05, 0) is 32.4 Å². The van der Waals surface area contributed by atoms with Gasteiger partial charge in [0.15, 0.2) is 15.5 Å². The molecule has 0 saturated carbocycles. The van der Waals surface area contributed by atoms with Crippen LogP contribution >= 0.6 is 0 Å². The van der Waals surface area contributed by atoms with Gasteiger partial charge in [-0.25, -0.2) is 18.4 Å². The molecule has 1 saturated heterocycles. The highest BCUT2D eigenvalue weighted by atomic mass is 32.2. The Labute approximate surface area is 168 Å². The third-order valence-electron chi connectivity index (χ3n) is 4.99. The van der Waals surface area contributed by atoms with Gasteiger partial charge in [-0.2, -0.15) is 0 Å². The Kier molecular flexibility index (Phi) is 5.10. The van der Waals surface area contributed by atoms with Crippen LogP contribution in [0.2, 0.25) is 0 Å². The molecule has 2 aromatic heterocycles. The minimum absolute atomic E-state index is 0.000887. The monoisotopic (exact) mass is 414 g/mol. The maximum Gasteiger partial charge on any atom is 0.255 e. The Hall–Kier alpha value is -2.78. The van der Waals surface area contributed by atoms with Crippen molar-refractivity contribution in [3.8, 4) is 11.3 Å². The van der Waals surface area contributed by atoms with Gasteiger partial charge in [-0.1, -0.05) is 12.1 Å². The molecule has 0 radical (unpaired) electrons. The number of nitrogens with zero attached hydrogens (tertiary/aromatic N) is 2. The number of amides is 1. The van der Waals surface area contributed by atoms with Crippen molar-refractivity contribution in [2.75, 3.05) is 13.2 Å². The summed E-state index contributed by atoms with van der Waals surface area (Å²) in [5.74, 6) is -0.225. The highest BCUT2D eigenvalue weighted by molar-refractivity contribution is 7.92. The van der Waals surface area contributed by atoms with E-state index in [1.54, 1.807) is 50.5 Å². The van der Waals surface area contributed by atoms with E-state index in [4.69, 9.17) is 4.74 Å². The van der Waals surface area contributed by atoms with E-state index in [9.17, 15) is 13.2 Å². The number of sulfone groups is 1. The minimum atomic E-state index is -3.34. The van der Waals surface area contributed by atoms with E-state index in [-0.39, 0.29) is 16.8 Å². The molecule has 8 nitrogen and oxygen atoms in total. The Bertz CT molecular complexity index is 1150. The largest absolute Gasteiger partial charge is 0.379 e. The zero-order valence-electron chi connectivity index (χ0n) is 16.2. The topological polar surface area (TPSA) is 114 Å². The molecule has 1 fully saturated rings. The molecule has 2 N–H and O–H groups in total. The van der Waals surface area contributed by atoms with Crippen molar-refractivity contribution in [2.24, 2.45) is 0 Å². The Morgan fingerprint density at radius 2 is 2.03 bits per heavy atom. The molecule has 1 aliphatic heterocycles. The van der Waals surface area contributed by atoms with E-state index in [0.29, 0.717) is 35.6 Å². The third-order valence-corrected chi connectivity index (χ3v) is 7.16. The lowest BCUT2D eigenvalue weighted by Gasteiger charge is -2.10. The van der Waals surface area contributed by atoms with Crippen LogP contribution < -0.4 is 5.32 Å². The molecular formula is C20H22N4O4S. The zero-order chi connectivity index (χ0) is 20.6. The first kappa shape index (κ1) is 19.5. The molecule has 29 heavy (non-hydrogen) atoms. The number of hydrogen-bond donors (Lipinski definition) is 2. The number of nitrogens with one attached hydrogen (secondary N) is 2. The molecule has 152 valence electrons. The molecule has 1 aliphatic rings. The number of carbonyl (C=O) groups is 1. The first-order valence-electron chi connectivity index (χ1n) is 9.43. The molecule has 3 aromatic rings. The van der Waals surface area contributed by atoms with Gasteiger partial charge in [0.05, 0.1) is 40.2 Å². The summed E-state index contributed by atoms with van der Waals surface area (Å²) in [6.07, 6.45) is 3.98. The second-order valence-corrected chi connectivity index (χ2v) is 9.81. The zero-order valence-corrected chi connectivity index (χ0v) is 17.0. The smallest absolute Gasteiger partial charge is 0.255 e. The number of rotatable bonds is 5. The van der Waals surface area contributed by atoms with E-state index in [1.165, 1.54) is 0 Å². The first-order chi connectivity index (χ1) is 13.9. The van der Waals surface area contributed by atoms with Crippen LogP contribution in [0.5, 0.6) is 0 Å². The summed E-state index contributed by atoms with van der Waals surface area (Å²) in [7, 11) is -3.34. The number of ether oxygens (including phenoxy) is 1. The highest BCUT2D eigenvalue weighted by Crippen LogP contribution is 2.24. The minimum Gasteiger partial charge on any atom is -0.379 e. The van der Waals surface area contributed by atoms with Crippen molar-refractivity contribution in [3.05, 3.63) is 42.2 Å². The Morgan fingerprint density at radius 1 is 1.28 bits per heavy atom. The molecular weight excluding hydrogens is 392 g/mol. The van der Waals surface area contributed by atoms with Crippen LogP contribution in [-0.2, 0) is 14.6 Å². The number of aromatic nitrogens is 3. The highest BCUT2D eigenvalue weighted by Gasteiger charge is 2.22. The fourth-order valence-corrected chi connectivity index (χ4v) is 4.26. The van der Waals surface area contributed by atoms with E-state index >= 15 is 0 Å². The van der Waals surface area contributed by atoms with Crippen LogP contribution in [0.25, 0.3) is 22.4 Å². The number of H-pyrrole nitrogens is 1. The summed E-state index contributed by atoms with van der Waals surface area (Å²) >= 11 is 0. The second kappa shape index (κ2) is 7.57. The molecule has 0 spiro atoms. The second-order valence-electron chi connectivity index (χ2n) is 7.31. The number of hydrogen-bond acceptors (Lipinski definition) is 6. The summed E-state index contributed by atoms with van der Waals surface area (Å²) in [5, 5.41) is 2.46. The van der Waals surface area contributed by atoms with E-state index in [0.717, 1.165) is 12.0 Å². The van der Waals surface area contributed by atoms with Gasteiger partial charge < -0.3 is 15.0 Å². The molecule has 1 aromatic carbocycles. The Balaban J connectivity index is 1.64. The lowest BCUT2D eigenvalue weighted by molar-refractivity contribution is 0.0931. The fourth-order valence-electron chi connectivity index (χ4n) is 3.20. The number of benzene rings is 1. The summed E-state index contributed by atoms with van der Waals surface area (Å²) in [4.78, 5) is 24.8. The van der Waals surface area contributed by atoms with Gasteiger partial charge in [0.1, 0.15) is 5.52 Å². The van der Waals surface area contributed by atoms with E-state index in [2.05, 4.69) is 20.3 Å². The van der Waals surface area contributed by atoms with Gasteiger partial charge >= 0.3 is 0 Å². The maximum atomic E-state index is 12.6. The quantitative estimate of drug-likeness (QED) is 0.662. The molecule has 3 heterocycles. The summed E-state index contributed by atoms with van der Waals surface area (Å²) < 4.78 is 29.9. The molecule has 0 aliphatic carbocycles. The van der Waals surface area contributed by atoms with Gasteiger partial charge in [0.25, 0.3) is 5.91 Å². The maximum absolute atomic E-state index is 12.6. The number of carbonyl (C=O) groups excluding carboxylic acids is 1. The van der Waals surface area contributed by atoms with Gasteiger partial charge in [-0.3, -0.25) is 4.79 Å². The normalized spacial score (nSPS) is 17.1. The van der Waals surface area contributed by atoms with Crippen molar-refractivity contribution < 1.29 is 17.9 Å². The lowest BCUT2D eigenvalue weighted by atomic mass is 10.1. The van der Waals surface area contributed by atoms with Crippen LogP contribution in [0.1, 0.15) is 30.6 Å². The summed E-state index contributed by atoms with van der Waals surface area (Å²) in [6.45, 7) is 4.46. The van der Waals surface area contributed by atoms with Gasteiger partial charge in [-0.15, -0.1) is 0 Å². The standard InChI is InChI=1S/C20H22N4O4S/c1-12(2)29(26,27)15-5-3-13(4-6-15)17-10-22-19-18(24-17)16(9-21-19)20(25)23-14-7-8-28-11-14/h3-6,9-10,12,14H,7-8,11H2,1-2H3,(H,21,22)(H,23,25)/t14-/m0/s1. The third kappa shape index (κ3) is 3.75. The van der Waals surface area contributed by atoms with Gasteiger partial charge in [0, 0.05) is 18.4 Å². The van der Waals surface area contributed by atoms with Crippen molar-refractivity contribution >= 4 is 26.9 Å². The van der Waals surface area contributed by atoms with Crippen molar-refractivity contribution in [3.63, 3.8) is 0 Å². The first-order valence-corrected chi connectivity index (χ1v) is 11.0. The van der Waals surface area contributed by atoms with Crippen LogP contribution in [0.4, 0.5) is 0 Å². The van der Waals surface area contributed by atoms with Crippen molar-refractivity contribution in [1.82, 2.24) is 20.3 Å². The van der Waals surface area contributed by atoms with Crippen LogP contribution in [0.15, 0.2) is 41.6 Å². The summed E-state index contributed by atoms with van der Waals surface area (Å²) in [5.41, 5.74) is 2.68. The molecule has 0 bridgehead atoms. The van der Waals surface area contributed by atoms with E-state index in [1.807, 2.05) is 0 Å². The SMILES string of the molecule is CC(C)S(=O)(=O)c1ccc(-c2cnc3[nH]cc(C(=O)N[C@H]4CCOC4)c3n2)cc1. The van der Waals surface area contributed by atoms with Crippen molar-refractivity contribution in [2.45, 2.75) is 36.5 Å². The van der Waals surface area contributed by atoms with Crippen LogP contribution in [-0.4, -0.2) is 53.8 Å². The average molecular weight is 414 g/mol. The molecule has 0 unspecified atom stereocenters. The molecule has 1 amide bonds. The average Bonchev–Trinajstić information content (AvgIpc) is 3.37. The van der Waals surface area contributed by atoms with Crippen LogP contribution in [0, 0.1) is 0 Å². The lowest BCUT2D eigenvalue weighted by Crippen LogP contribution is -2.34. The predicted octanol–water partition coefficient (Wildman–Crippen LogP) is 2.33. The van der Waals surface area contributed by atoms with Gasteiger partial charge in [0.2, 0.25) is 0 Å². The predicted molar refractivity (Wildman–Crippen MR) is 108 cm³/mol. The molecule has 1 atom stereocenters. The molecule has 4 rings (SSSR count). The number of aromatic amines is 1.